The number of methoxy groups -OCH3 is 2. The SMILES string of the molecule is COc1cc2c(cc1OC)-c1cc(NCCCCCCNC(=O)CCC(=O)O)nc(=O)n1CC2. The number of benzene rings is 1. The molecule has 0 radical (unpaired) electrons. The van der Waals surface area contributed by atoms with Crippen molar-refractivity contribution in [3.05, 3.63) is 34.2 Å². The molecule has 1 aliphatic rings. The number of rotatable bonds is 13. The van der Waals surface area contributed by atoms with E-state index in [4.69, 9.17) is 14.6 Å². The van der Waals surface area contributed by atoms with Crippen LogP contribution in [0.2, 0.25) is 0 Å². The quantitative estimate of drug-likeness (QED) is 0.379. The fraction of sp³-hybridized carbons (Fsp3) is 0.500. The fourth-order valence-electron chi connectivity index (χ4n) is 3.99. The van der Waals surface area contributed by atoms with Gasteiger partial charge in [0.05, 0.1) is 26.3 Å². The first kappa shape index (κ1) is 25.1. The Balaban J connectivity index is 1.50. The van der Waals surface area contributed by atoms with E-state index in [1.165, 1.54) is 0 Å². The molecule has 10 nitrogen and oxygen atoms in total. The van der Waals surface area contributed by atoms with Crippen LogP contribution in [0.3, 0.4) is 0 Å². The monoisotopic (exact) mass is 472 g/mol. The number of nitrogens with zero attached hydrogens (tertiary/aromatic N) is 2. The van der Waals surface area contributed by atoms with Crippen LogP contribution in [0.15, 0.2) is 23.0 Å². The third-order valence-corrected chi connectivity index (χ3v) is 5.80. The summed E-state index contributed by atoms with van der Waals surface area (Å²) in [7, 11) is 3.20. The van der Waals surface area contributed by atoms with Crippen LogP contribution in [0, 0.1) is 0 Å². The summed E-state index contributed by atoms with van der Waals surface area (Å²) in [6, 6.07) is 5.77. The molecule has 0 bridgehead atoms. The van der Waals surface area contributed by atoms with Crippen LogP contribution >= 0.6 is 0 Å². The molecule has 0 fully saturated rings. The predicted molar refractivity (Wildman–Crippen MR) is 128 cm³/mol. The van der Waals surface area contributed by atoms with Gasteiger partial charge in [-0.3, -0.25) is 14.2 Å². The molecule has 1 aliphatic heterocycles. The first-order chi connectivity index (χ1) is 16.4. The van der Waals surface area contributed by atoms with Gasteiger partial charge >= 0.3 is 11.7 Å². The van der Waals surface area contributed by atoms with Crippen LogP contribution in [0.5, 0.6) is 11.5 Å². The van der Waals surface area contributed by atoms with Crippen molar-refractivity contribution in [3.8, 4) is 22.8 Å². The van der Waals surface area contributed by atoms with E-state index >= 15 is 0 Å². The molecule has 2 heterocycles. The minimum absolute atomic E-state index is 0.0117. The van der Waals surface area contributed by atoms with E-state index in [1.807, 2.05) is 18.2 Å². The van der Waals surface area contributed by atoms with Gasteiger partial charge in [-0.05, 0) is 37.0 Å². The zero-order chi connectivity index (χ0) is 24.5. The molecular formula is C24H32N4O6. The Morgan fingerprint density at radius 2 is 1.74 bits per heavy atom. The van der Waals surface area contributed by atoms with Crippen LogP contribution in [-0.2, 0) is 22.6 Å². The zero-order valence-corrected chi connectivity index (χ0v) is 19.7. The van der Waals surface area contributed by atoms with E-state index in [2.05, 4.69) is 15.6 Å². The molecular weight excluding hydrogens is 440 g/mol. The largest absolute Gasteiger partial charge is 0.493 e. The molecule has 2 aromatic rings. The average molecular weight is 473 g/mol. The molecule has 1 amide bonds. The molecule has 1 aromatic carbocycles. The number of carboxylic acids is 1. The number of aliphatic carboxylic acids is 1. The van der Waals surface area contributed by atoms with Crippen LogP contribution in [0.25, 0.3) is 11.3 Å². The Morgan fingerprint density at radius 3 is 2.44 bits per heavy atom. The molecule has 0 saturated carbocycles. The number of aromatic nitrogens is 2. The second-order valence-corrected chi connectivity index (χ2v) is 8.16. The summed E-state index contributed by atoms with van der Waals surface area (Å²) < 4.78 is 12.5. The van der Waals surface area contributed by atoms with Crippen molar-refractivity contribution in [2.45, 2.75) is 51.5 Å². The third-order valence-electron chi connectivity index (χ3n) is 5.80. The average Bonchev–Trinajstić information content (AvgIpc) is 2.83. The summed E-state index contributed by atoms with van der Waals surface area (Å²) in [6.45, 7) is 1.79. The highest BCUT2D eigenvalue weighted by Crippen LogP contribution is 2.38. The number of aryl methyl sites for hydroxylation is 1. The Bertz CT molecular complexity index is 1080. The maximum atomic E-state index is 12.6. The van der Waals surface area contributed by atoms with E-state index in [9.17, 15) is 14.4 Å². The van der Waals surface area contributed by atoms with Crippen LogP contribution < -0.4 is 25.8 Å². The van der Waals surface area contributed by atoms with Gasteiger partial charge in [0, 0.05) is 37.7 Å². The normalized spacial score (nSPS) is 11.8. The van der Waals surface area contributed by atoms with Crippen LogP contribution in [-0.4, -0.2) is 53.8 Å². The molecule has 3 rings (SSSR count). The summed E-state index contributed by atoms with van der Waals surface area (Å²) in [5.41, 5.74) is 2.57. The summed E-state index contributed by atoms with van der Waals surface area (Å²) in [5, 5.41) is 14.6. The third kappa shape index (κ3) is 6.49. The number of unbranched alkanes of at least 4 members (excludes halogenated alkanes) is 3. The van der Waals surface area contributed by atoms with Crippen molar-refractivity contribution in [2.75, 3.05) is 32.6 Å². The maximum absolute atomic E-state index is 12.6. The topological polar surface area (TPSA) is 132 Å². The lowest BCUT2D eigenvalue weighted by Crippen LogP contribution is -2.29. The van der Waals surface area contributed by atoms with Crippen molar-refractivity contribution in [1.82, 2.24) is 14.9 Å². The van der Waals surface area contributed by atoms with E-state index in [0.29, 0.717) is 37.0 Å². The highest BCUT2D eigenvalue weighted by Gasteiger charge is 2.21. The molecule has 0 atom stereocenters. The number of hydrogen-bond acceptors (Lipinski definition) is 7. The molecule has 0 saturated heterocycles. The molecule has 34 heavy (non-hydrogen) atoms. The van der Waals surface area contributed by atoms with Gasteiger partial charge in [0.25, 0.3) is 0 Å². The molecule has 0 unspecified atom stereocenters. The van der Waals surface area contributed by atoms with Gasteiger partial charge in [-0.25, -0.2) is 4.79 Å². The van der Waals surface area contributed by atoms with Gasteiger partial charge in [0.15, 0.2) is 11.5 Å². The molecule has 10 heteroatoms. The van der Waals surface area contributed by atoms with E-state index in [0.717, 1.165) is 48.9 Å². The zero-order valence-electron chi connectivity index (χ0n) is 19.7. The van der Waals surface area contributed by atoms with Gasteiger partial charge in [0.2, 0.25) is 5.91 Å². The lowest BCUT2D eigenvalue weighted by molar-refractivity contribution is -0.138. The number of anilines is 1. The van der Waals surface area contributed by atoms with E-state index < -0.39 is 5.97 Å². The maximum Gasteiger partial charge on any atom is 0.349 e. The minimum atomic E-state index is -0.970. The van der Waals surface area contributed by atoms with Crippen molar-refractivity contribution in [1.29, 1.82) is 0 Å². The van der Waals surface area contributed by atoms with E-state index in [-0.39, 0.29) is 24.4 Å². The van der Waals surface area contributed by atoms with Gasteiger partial charge in [-0.2, -0.15) is 4.98 Å². The lowest BCUT2D eigenvalue weighted by Gasteiger charge is -2.23. The molecule has 184 valence electrons. The highest BCUT2D eigenvalue weighted by atomic mass is 16.5. The number of fused-ring (bicyclic) bond motifs is 3. The molecule has 0 spiro atoms. The first-order valence-electron chi connectivity index (χ1n) is 11.5. The van der Waals surface area contributed by atoms with Crippen molar-refractivity contribution in [3.63, 3.8) is 0 Å². The summed E-state index contributed by atoms with van der Waals surface area (Å²) in [4.78, 5) is 38.7. The number of carbonyl (C=O) groups excluding carboxylic acids is 1. The molecule has 0 aliphatic carbocycles. The van der Waals surface area contributed by atoms with Crippen LogP contribution in [0.4, 0.5) is 5.82 Å². The lowest BCUT2D eigenvalue weighted by atomic mass is 9.97. The molecule has 1 aromatic heterocycles. The Kier molecular flexibility index (Phi) is 8.89. The van der Waals surface area contributed by atoms with Crippen molar-refractivity contribution >= 4 is 17.7 Å². The van der Waals surface area contributed by atoms with Gasteiger partial charge in [-0.15, -0.1) is 0 Å². The second kappa shape index (κ2) is 12.1. The van der Waals surface area contributed by atoms with E-state index in [1.54, 1.807) is 18.8 Å². The van der Waals surface area contributed by atoms with Gasteiger partial charge < -0.3 is 25.2 Å². The smallest absolute Gasteiger partial charge is 0.349 e. The second-order valence-electron chi connectivity index (χ2n) is 8.16. The summed E-state index contributed by atoms with van der Waals surface area (Å²) in [5.74, 6) is 0.634. The molecule has 3 N–H and O–H groups in total. The summed E-state index contributed by atoms with van der Waals surface area (Å²) in [6.07, 6.45) is 4.21. The van der Waals surface area contributed by atoms with Gasteiger partial charge in [0.1, 0.15) is 5.82 Å². The standard InChI is InChI=1S/C24H32N4O6/c1-33-19-13-16-9-12-28-18(17(16)14-20(19)34-2)15-21(27-24(28)32)25-10-5-3-4-6-11-26-22(29)7-8-23(30)31/h13-15H,3-12H2,1-2H3,(H,26,29)(H,30,31)(H,25,27,32). The van der Waals surface area contributed by atoms with Gasteiger partial charge in [-0.1, -0.05) is 12.8 Å². The fourth-order valence-corrected chi connectivity index (χ4v) is 3.99. The first-order valence-corrected chi connectivity index (χ1v) is 11.5. The Hall–Kier alpha value is -3.56. The highest BCUT2D eigenvalue weighted by molar-refractivity contribution is 5.80. The number of carboxylic acid groups (broad SMARTS) is 1. The van der Waals surface area contributed by atoms with Crippen LogP contribution in [0.1, 0.15) is 44.1 Å². The number of amides is 1. The number of carbonyl (C=O) groups is 2. The van der Waals surface area contributed by atoms with Crippen molar-refractivity contribution in [2.24, 2.45) is 0 Å². The minimum Gasteiger partial charge on any atom is -0.493 e. The number of hydrogen-bond donors (Lipinski definition) is 3. The Labute approximate surface area is 198 Å². The number of ether oxygens (including phenoxy) is 2. The Morgan fingerprint density at radius 1 is 1.03 bits per heavy atom. The number of nitrogens with one attached hydrogen (secondary N) is 2. The van der Waals surface area contributed by atoms with Crippen molar-refractivity contribution < 1.29 is 24.2 Å². The summed E-state index contributed by atoms with van der Waals surface area (Å²) >= 11 is 0. The predicted octanol–water partition coefficient (Wildman–Crippen LogP) is 2.44.